The molecule has 0 aliphatic carbocycles. The summed E-state index contributed by atoms with van der Waals surface area (Å²) in [5.74, 6) is -0.301. The standard InChI is InChI=1S/C9H9BrFN/c1-2-9(12)6-3-4-7(10)8(11)5-6/h2-5,9H,1,12H2/t9-/m1/s1. The van der Waals surface area contributed by atoms with E-state index >= 15 is 0 Å². The van der Waals surface area contributed by atoms with Crippen LogP contribution in [0.4, 0.5) is 4.39 Å². The first-order valence-electron chi connectivity index (χ1n) is 3.48. The Hall–Kier alpha value is -0.670. The van der Waals surface area contributed by atoms with Crippen LogP contribution in [0.5, 0.6) is 0 Å². The van der Waals surface area contributed by atoms with E-state index in [9.17, 15) is 4.39 Å². The fraction of sp³-hybridized carbons (Fsp3) is 0.111. The maximum absolute atomic E-state index is 12.9. The quantitative estimate of drug-likeness (QED) is 0.776. The van der Waals surface area contributed by atoms with Gasteiger partial charge in [0.25, 0.3) is 0 Å². The van der Waals surface area contributed by atoms with E-state index in [1.54, 1.807) is 18.2 Å². The van der Waals surface area contributed by atoms with Crippen LogP contribution in [0.2, 0.25) is 0 Å². The predicted molar refractivity (Wildman–Crippen MR) is 51.2 cm³/mol. The first kappa shape index (κ1) is 9.42. The first-order chi connectivity index (χ1) is 5.65. The Morgan fingerprint density at radius 2 is 2.25 bits per heavy atom. The summed E-state index contributed by atoms with van der Waals surface area (Å²) in [6.45, 7) is 3.53. The molecule has 0 bridgehead atoms. The molecule has 0 heterocycles. The summed E-state index contributed by atoms with van der Waals surface area (Å²) >= 11 is 3.06. The number of halogens is 2. The van der Waals surface area contributed by atoms with Crippen LogP contribution >= 0.6 is 15.9 Å². The average molecular weight is 230 g/mol. The number of hydrogen-bond donors (Lipinski definition) is 1. The van der Waals surface area contributed by atoms with Crippen LogP contribution in [0.25, 0.3) is 0 Å². The van der Waals surface area contributed by atoms with Crippen LogP contribution < -0.4 is 5.73 Å². The van der Waals surface area contributed by atoms with Gasteiger partial charge in [-0.15, -0.1) is 6.58 Å². The summed E-state index contributed by atoms with van der Waals surface area (Å²) in [4.78, 5) is 0. The molecule has 12 heavy (non-hydrogen) atoms. The zero-order chi connectivity index (χ0) is 9.14. The van der Waals surface area contributed by atoms with Crippen LogP contribution in [-0.4, -0.2) is 0 Å². The van der Waals surface area contributed by atoms with Gasteiger partial charge in [-0.05, 0) is 33.6 Å². The summed E-state index contributed by atoms with van der Waals surface area (Å²) in [6.07, 6.45) is 1.57. The second-order valence-corrected chi connectivity index (χ2v) is 3.29. The highest BCUT2D eigenvalue weighted by molar-refractivity contribution is 9.10. The molecule has 0 radical (unpaired) electrons. The van der Waals surface area contributed by atoms with E-state index in [0.29, 0.717) is 4.47 Å². The zero-order valence-corrected chi connectivity index (χ0v) is 8.01. The van der Waals surface area contributed by atoms with Crippen molar-refractivity contribution in [1.29, 1.82) is 0 Å². The monoisotopic (exact) mass is 229 g/mol. The number of hydrogen-bond acceptors (Lipinski definition) is 1. The average Bonchev–Trinajstić information content (AvgIpc) is 2.08. The minimum absolute atomic E-state index is 0.299. The second-order valence-electron chi connectivity index (χ2n) is 2.44. The normalized spacial score (nSPS) is 12.6. The van der Waals surface area contributed by atoms with Crippen molar-refractivity contribution in [3.63, 3.8) is 0 Å². The molecule has 1 rings (SSSR count). The van der Waals surface area contributed by atoms with Crippen LogP contribution in [0.3, 0.4) is 0 Å². The van der Waals surface area contributed by atoms with E-state index in [2.05, 4.69) is 22.5 Å². The Morgan fingerprint density at radius 3 is 2.75 bits per heavy atom. The Labute approximate surface area is 79.2 Å². The molecule has 3 heteroatoms. The molecule has 1 atom stereocenters. The third-order valence-corrected chi connectivity index (χ3v) is 2.23. The highest BCUT2D eigenvalue weighted by Crippen LogP contribution is 2.19. The van der Waals surface area contributed by atoms with Crippen molar-refractivity contribution in [3.05, 3.63) is 46.7 Å². The fourth-order valence-corrected chi connectivity index (χ4v) is 1.10. The lowest BCUT2D eigenvalue weighted by atomic mass is 10.1. The minimum atomic E-state index is -0.301. The predicted octanol–water partition coefficient (Wildman–Crippen LogP) is 2.77. The van der Waals surface area contributed by atoms with Crippen LogP contribution in [-0.2, 0) is 0 Å². The Balaban J connectivity index is 3.04. The van der Waals surface area contributed by atoms with Gasteiger partial charge in [0.1, 0.15) is 5.82 Å². The molecule has 0 aliphatic heterocycles. The van der Waals surface area contributed by atoms with Crippen LogP contribution in [0.15, 0.2) is 35.3 Å². The smallest absolute Gasteiger partial charge is 0.137 e. The molecule has 64 valence electrons. The third-order valence-electron chi connectivity index (χ3n) is 1.58. The van der Waals surface area contributed by atoms with Crippen molar-refractivity contribution in [2.45, 2.75) is 6.04 Å². The van der Waals surface area contributed by atoms with Crippen molar-refractivity contribution in [3.8, 4) is 0 Å². The molecule has 0 spiro atoms. The van der Waals surface area contributed by atoms with E-state index in [4.69, 9.17) is 5.73 Å². The molecular formula is C9H9BrFN. The highest BCUT2D eigenvalue weighted by atomic mass is 79.9. The Kier molecular flexibility index (Phi) is 3.00. The van der Waals surface area contributed by atoms with Gasteiger partial charge in [0.15, 0.2) is 0 Å². The maximum atomic E-state index is 12.9. The maximum Gasteiger partial charge on any atom is 0.137 e. The summed E-state index contributed by atoms with van der Waals surface area (Å²) in [7, 11) is 0. The van der Waals surface area contributed by atoms with Gasteiger partial charge < -0.3 is 5.73 Å². The fourth-order valence-electron chi connectivity index (χ4n) is 0.856. The second kappa shape index (κ2) is 3.83. The van der Waals surface area contributed by atoms with Crippen molar-refractivity contribution in [2.75, 3.05) is 0 Å². The topological polar surface area (TPSA) is 26.0 Å². The van der Waals surface area contributed by atoms with Gasteiger partial charge in [-0.1, -0.05) is 12.1 Å². The van der Waals surface area contributed by atoms with Gasteiger partial charge in [0.2, 0.25) is 0 Å². The Morgan fingerprint density at radius 1 is 1.58 bits per heavy atom. The summed E-state index contributed by atoms with van der Waals surface area (Å²) < 4.78 is 13.4. The van der Waals surface area contributed by atoms with Crippen LogP contribution in [0, 0.1) is 5.82 Å². The number of nitrogens with two attached hydrogens (primary N) is 1. The molecule has 0 unspecified atom stereocenters. The van der Waals surface area contributed by atoms with Gasteiger partial charge in [0.05, 0.1) is 4.47 Å². The SMILES string of the molecule is C=C[C@@H](N)c1ccc(Br)c(F)c1. The lowest BCUT2D eigenvalue weighted by molar-refractivity contribution is 0.617. The van der Waals surface area contributed by atoms with Crippen molar-refractivity contribution < 1.29 is 4.39 Å². The van der Waals surface area contributed by atoms with Gasteiger partial charge in [0, 0.05) is 6.04 Å². The summed E-state index contributed by atoms with van der Waals surface area (Å²) in [5.41, 5.74) is 6.34. The Bertz CT molecular complexity index is 299. The summed E-state index contributed by atoms with van der Waals surface area (Å²) in [5, 5.41) is 0. The molecule has 0 aromatic heterocycles. The zero-order valence-electron chi connectivity index (χ0n) is 6.43. The van der Waals surface area contributed by atoms with Gasteiger partial charge in [-0.2, -0.15) is 0 Å². The minimum Gasteiger partial charge on any atom is -0.321 e. The van der Waals surface area contributed by atoms with Crippen LogP contribution in [0.1, 0.15) is 11.6 Å². The van der Waals surface area contributed by atoms with Crippen molar-refractivity contribution in [1.82, 2.24) is 0 Å². The number of benzene rings is 1. The largest absolute Gasteiger partial charge is 0.321 e. The van der Waals surface area contributed by atoms with Gasteiger partial charge in [-0.3, -0.25) is 0 Å². The lowest BCUT2D eigenvalue weighted by Crippen LogP contribution is -2.06. The van der Waals surface area contributed by atoms with Crippen molar-refractivity contribution in [2.24, 2.45) is 5.73 Å². The van der Waals surface area contributed by atoms with E-state index in [0.717, 1.165) is 5.56 Å². The lowest BCUT2D eigenvalue weighted by Gasteiger charge is -2.06. The molecular weight excluding hydrogens is 221 g/mol. The molecule has 1 nitrogen and oxygen atoms in total. The molecule has 0 aliphatic rings. The third kappa shape index (κ3) is 1.93. The van der Waals surface area contributed by atoms with Gasteiger partial charge >= 0.3 is 0 Å². The molecule has 0 saturated carbocycles. The first-order valence-corrected chi connectivity index (χ1v) is 4.27. The van der Waals surface area contributed by atoms with E-state index < -0.39 is 0 Å². The van der Waals surface area contributed by atoms with E-state index in [-0.39, 0.29) is 11.9 Å². The van der Waals surface area contributed by atoms with Crippen molar-refractivity contribution >= 4 is 15.9 Å². The molecule has 1 aromatic carbocycles. The summed E-state index contributed by atoms with van der Waals surface area (Å²) in [6, 6.07) is 4.50. The molecule has 0 saturated heterocycles. The molecule has 2 N–H and O–H groups in total. The molecule has 0 amide bonds. The van der Waals surface area contributed by atoms with E-state index in [1.807, 2.05) is 0 Å². The molecule has 0 fully saturated rings. The highest BCUT2D eigenvalue weighted by Gasteiger charge is 2.04. The molecule has 1 aromatic rings. The van der Waals surface area contributed by atoms with E-state index in [1.165, 1.54) is 6.07 Å². The van der Waals surface area contributed by atoms with Gasteiger partial charge in [-0.25, -0.2) is 4.39 Å². The number of rotatable bonds is 2.